The van der Waals surface area contributed by atoms with Gasteiger partial charge in [-0.2, -0.15) is 0 Å². The largest absolute Gasteiger partial charge is 0.366 e. The predicted octanol–water partition coefficient (Wildman–Crippen LogP) is 0.681. The minimum atomic E-state index is -4.49. The second-order valence-corrected chi connectivity index (χ2v) is 8.29. The summed E-state index contributed by atoms with van der Waals surface area (Å²) in [6, 6.07) is 6.63. The summed E-state index contributed by atoms with van der Waals surface area (Å²) in [5.74, 6) is -1.90. The number of nitrogens with two attached hydrogens (primary N) is 2. The summed E-state index contributed by atoms with van der Waals surface area (Å²) in [5.41, 5.74) is 4.52. The Morgan fingerprint density at radius 3 is 2.28 bits per heavy atom. The van der Waals surface area contributed by atoms with Crippen LogP contribution in [0.25, 0.3) is 0 Å². The fourth-order valence-corrected chi connectivity index (χ4v) is 4.00. The molecule has 25 heavy (non-hydrogen) atoms. The molecule has 1 amide bonds. The lowest BCUT2D eigenvalue weighted by molar-refractivity contribution is 0.1000. The first-order valence-electron chi connectivity index (χ1n) is 6.68. The molecule has 0 spiro atoms. The van der Waals surface area contributed by atoms with Crippen molar-refractivity contribution in [3.05, 3.63) is 53.3 Å². The van der Waals surface area contributed by atoms with Crippen molar-refractivity contribution in [3.8, 4) is 0 Å². The summed E-state index contributed by atoms with van der Waals surface area (Å²) >= 11 is 0. The number of primary sulfonamides is 1. The average Bonchev–Trinajstić information content (AvgIpc) is 2.48. The van der Waals surface area contributed by atoms with Crippen molar-refractivity contribution in [2.75, 3.05) is 4.72 Å². The van der Waals surface area contributed by atoms with Crippen LogP contribution in [0.15, 0.2) is 46.2 Å². The first-order chi connectivity index (χ1) is 11.4. The predicted molar refractivity (Wildman–Crippen MR) is 88.3 cm³/mol. The smallest absolute Gasteiger partial charge is 0.264 e. The van der Waals surface area contributed by atoms with Gasteiger partial charge in [-0.25, -0.2) is 26.4 Å². The van der Waals surface area contributed by atoms with Crippen molar-refractivity contribution in [1.29, 1.82) is 0 Å². The van der Waals surface area contributed by atoms with Crippen molar-refractivity contribution in [3.63, 3.8) is 0 Å². The molecule has 0 aliphatic carbocycles. The summed E-state index contributed by atoms with van der Waals surface area (Å²) in [6.45, 7) is 1.37. The van der Waals surface area contributed by atoms with Crippen LogP contribution in [0.2, 0.25) is 0 Å². The van der Waals surface area contributed by atoms with Crippen LogP contribution in [-0.2, 0) is 20.0 Å². The van der Waals surface area contributed by atoms with Crippen LogP contribution in [0.4, 0.5) is 10.1 Å². The number of carbonyl (C=O) groups is 1. The quantitative estimate of drug-likeness (QED) is 0.689. The van der Waals surface area contributed by atoms with Crippen LogP contribution in [0.1, 0.15) is 15.9 Å². The topological polar surface area (TPSA) is 149 Å². The highest BCUT2D eigenvalue weighted by molar-refractivity contribution is 7.93. The molecule has 2 aromatic carbocycles. The maximum absolute atomic E-state index is 14.1. The van der Waals surface area contributed by atoms with Gasteiger partial charge in [0.15, 0.2) is 0 Å². The van der Waals surface area contributed by atoms with Gasteiger partial charge in [0, 0.05) is 5.56 Å². The van der Waals surface area contributed by atoms with Crippen molar-refractivity contribution < 1.29 is 26.0 Å². The van der Waals surface area contributed by atoms with Gasteiger partial charge in [0.25, 0.3) is 10.0 Å². The molecule has 0 atom stereocenters. The van der Waals surface area contributed by atoms with E-state index in [0.29, 0.717) is 0 Å². The molecule has 5 N–H and O–H groups in total. The van der Waals surface area contributed by atoms with Crippen LogP contribution in [-0.4, -0.2) is 22.7 Å². The zero-order chi connectivity index (χ0) is 19.0. The van der Waals surface area contributed by atoms with Gasteiger partial charge < -0.3 is 5.73 Å². The van der Waals surface area contributed by atoms with Crippen LogP contribution in [0.5, 0.6) is 0 Å². The van der Waals surface area contributed by atoms with Crippen molar-refractivity contribution in [2.45, 2.75) is 16.7 Å². The molecule has 0 saturated carbocycles. The van der Waals surface area contributed by atoms with Crippen LogP contribution < -0.4 is 15.6 Å². The van der Waals surface area contributed by atoms with E-state index in [1.54, 1.807) is 0 Å². The number of primary amides is 1. The zero-order valence-electron chi connectivity index (χ0n) is 12.9. The minimum absolute atomic E-state index is 0.0837. The molecule has 0 saturated heterocycles. The van der Waals surface area contributed by atoms with E-state index >= 15 is 0 Å². The summed E-state index contributed by atoms with van der Waals surface area (Å²) in [6.07, 6.45) is 0. The Morgan fingerprint density at radius 2 is 1.72 bits per heavy atom. The molecular formula is C14H14FN3O5S2. The highest BCUT2D eigenvalue weighted by Crippen LogP contribution is 2.26. The highest BCUT2D eigenvalue weighted by atomic mass is 32.2. The molecule has 0 unspecified atom stereocenters. The summed E-state index contributed by atoms with van der Waals surface area (Å²) in [5, 5.41) is 5.04. The number of hydrogen-bond acceptors (Lipinski definition) is 5. The molecule has 0 aromatic heterocycles. The third-order valence-electron chi connectivity index (χ3n) is 3.26. The minimum Gasteiger partial charge on any atom is -0.366 e. The lowest BCUT2D eigenvalue weighted by Gasteiger charge is -2.13. The van der Waals surface area contributed by atoms with E-state index in [0.717, 1.165) is 24.3 Å². The lowest BCUT2D eigenvalue weighted by atomic mass is 10.2. The Morgan fingerprint density at radius 1 is 1.08 bits per heavy atom. The second kappa shape index (κ2) is 6.43. The third-order valence-corrected chi connectivity index (χ3v) is 5.61. The number of aryl methyl sites for hydroxylation is 1. The first-order valence-corrected chi connectivity index (χ1v) is 9.71. The fourth-order valence-electron chi connectivity index (χ4n) is 2.04. The SMILES string of the molecule is Cc1cccc(S(=O)(=O)Nc2cc(C(N)=O)ccc2S(N)(=O)=O)c1F. The van der Waals surface area contributed by atoms with Crippen LogP contribution in [0.3, 0.4) is 0 Å². The van der Waals surface area contributed by atoms with Crippen molar-refractivity contribution in [2.24, 2.45) is 10.9 Å². The molecule has 0 fully saturated rings. The molecule has 0 bridgehead atoms. The molecule has 0 aliphatic rings. The molecule has 8 nitrogen and oxygen atoms in total. The molecule has 0 aliphatic heterocycles. The van der Waals surface area contributed by atoms with Gasteiger partial charge in [-0.15, -0.1) is 0 Å². The van der Waals surface area contributed by atoms with E-state index in [4.69, 9.17) is 10.9 Å². The van der Waals surface area contributed by atoms with E-state index in [2.05, 4.69) is 0 Å². The molecule has 11 heteroatoms. The number of anilines is 1. The second-order valence-electron chi connectivity index (χ2n) is 5.11. The van der Waals surface area contributed by atoms with E-state index in [-0.39, 0.29) is 11.1 Å². The third kappa shape index (κ3) is 3.95. The molecular weight excluding hydrogens is 373 g/mol. The first kappa shape index (κ1) is 18.8. The maximum atomic E-state index is 14.1. The zero-order valence-corrected chi connectivity index (χ0v) is 14.5. The van der Waals surface area contributed by atoms with E-state index in [1.165, 1.54) is 19.1 Å². The van der Waals surface area contributed by atoms with Gasteiger partial charge in [0.1, 0.15) is 15.6 Å². The molecule has 0 radical (unpaired) electrons. The van der Waals surface area contributed by atoms with Crippen molar-refractivity contribution >= 4 is 31.6 Å². The Labute approximate surface area is 143 Å². The van der Waals surface area contributed by atoms with Gasteiger partial charge in [-0.05, 0) is 36.8 Å². The van der Waals surface area contributed by atoms with Crippen LogP contribution in [0, 0.1) is 12.7 Å². The summed E-state index contributed by atoms with van der Waals surface area (Å²) < 4.78 is 64.2. The Balaban J connectivity index is 2.64. The number of sulfonamides is 2. The fraction of sp³-hybridized carbons (Fsp3) is 0.0714. The maximum Gasteiger partial charge on any atom is 0.264 e. The number of hydrogen-bond donors (Lipinski definition) is 3. The standard InChI is InChI=1S/C14H14FN3O5S2/c1-8-3-2-4-12(13(8)15)25(22,23)18-10-7-9(14(16)19)5-6-11(10)24(17,20)21/h2-7,18H,1H3,(H2,16,19)(H2,17,20,21). The summed E-state index contributed by atoms with van der Waals surface area (Å²) in [4.78, 5) is 9.98. The highest BCUT2D eigenvalue weighted by Gasteiger charge is 2.24. The number of benzene rings is 2. The van der Waals surface area contributed by atoms with E-state index < -0.39 is 47.2 Å². The number of halogens is 1. The van der Waals surface area contributed by atoms with Gasteiger partial charge in [0.05, 0.1) is 5.69 Å². The monoisotopic (exact) mass is 387 g/mol. The number of amides is 1. The van der Waals surface area contributed by atoms with Crippen LogP contribution >= 0.6 is 0 Å². The van der Waals surface area contributed by atoms with Gasteiger partial charge in [0.2, 0.25) is 15.9 Å². The molecule has 2 aromatic rings. The van der Waals surface area contributed by atoms with E-state index in [1.807, 2.05) is 4.72 Å². The van der Waals surface area contributed by atoms with Gasteiger partial charge in [-0.3, -0.25) is 9.52 Å². The average molecular weight is 387 g/mol. The normalized spacial score (nSPS) is 12.0. The number of nitrogens with one attached hydrogen (secondary N) is 1. The lowest BCUT2D eigenvalue weighted by Crippen LogP contribution is -2.21. The Hall–Kier alpha value is -2.50. The number of carbonyl (C=O) groups excluding carboxylic acids is 1. The molecule has 2 rings (SSSR count). The van der Waals surface area contributed by atoms with Gasteiger partial charge >= 0.3 is 0 Å². The van der Waals surface area contributed by atoms with E-state index in [9.17, 15) is 26.0 Å². The Bertz CT molecular complexity index is 1070. The molecule has 134 valence electrons. The van der Waals surface area contributed by atoms with Gasteiger partial charge in [-0.1, -0.05) is 12.1 Å². The Kier molecular flexibility index (Phi) is 4.84. The molecule has 0 heterocycles. The number of rotatable bonds is 5. The summed E-state index contributed by atoms with van der Waals surface area (Å²) in [7, 11) is -8.81. The van der Waals surface area contributed by atoms with Crippen molar-refractivity contribution in [1.82, 2.24) is 0 Å².